The smallest absolute Gasteiger partial charge is 0.335 e. The zero-order chi connectivity index (χ0) is 19.2. The maximum absolute atomic E-state index is 12.7. The Morgan fingerprint density at radius 2 is 1.81 bits per heavy atom. The van der Waals surface area contributed by atoms with Crippen LogP contribution in [0.4, 0.5) is 5.82 Å². The van der Waals surface area contributed by atoms with Gasteiger partial charge < -0.3 is 10.8 Å². The van der Waals surface area contributed by atoms with Gasteiger partial charge >= 0.3 is 11.7 Å². The van der Waals surface area contributed by atoms with Crippen molar-refractivity contribution in [2.75, 3.05) is 5.73 Å². The van der Waals surface area contributed by atoms with Gasteiger partial charge in [-0.25, -0.2) is 14.6 Å². The van der Waals surface area contributed by atoms with Crippen LogP contribution in [0.25, 0.3) is 22.2 Å². The van der Waals surface area contributed by atoms with Crippen molar-refractivity contribution in [1.82, 2.24) is 14.1 Å². The Bertz CT molecular complexity index is 1230. The summed E-state index contributed by atoms with van der Waals surface area (Å²) in [4.78, 5) is 40.0. The summed E-state index contributed by atoms with van der Waals surface area (Å²) < 4.78 is 2.08. The van der Waals surface area contributed by atoms with Crippen LogP contribution < -0.4 is 17.0 Å². The molecule has 130 valence electrons. The molecule has 0 atom stereocenters. The molecule has 1 aromatic carbocycles. The molecule has 0 aliphatic carbocycles. The summed E-state index contributed by atoms with van der Waals surface area (Å²) in [5.41, 5.74) is 5.38. The molecule has 0 unspecified atom stereocenters. The number of rotatable bonds is 2. The number of benzene rings is 1. The maximum Gasteiger partial charge on any atom is 0.335 e. The summed E-state index contributed by atoms with van der Waals surface area (Å²) in [6.07, 6.45) is 0. The Hall–Kier alpha value is -3.93. The van der Waals surface area contributed by atoms with Gasteiger partial charge in [0, 0.05) is 19.7 Å². The van der Waals surface area contributed by atoms with Crippen molar-refractivity contribution < 1.29 is 9.90 Å². The molecule has 0 radical (unpaired) electrons. The molecule has 0 fully saturated rings. The fraction of sp³-hybridized carbons (Fsp3) is 0.118. The number of carboxylic acids is 1. The lowest BCUT2D eigenvalue weighted by Crippen LogP contribution is -2.37. The number of carboxylic acid groups (broad SMARTS) is 1. The monoisotopic (exact) mass is 351 g/mol. The lowest BCUT2D eigenvalue weighted by Gasteiger charge is -2.14. The summed E-state index contributed by atoms with van der Waals surface area (Å²) in [7, 11) is 2.77. The van der Waals surface area contributed by atoms with E-state index in [0.29, 0.717) is 5.56 Å². The van der Waals surface area contributed by atoms with Crippen molar-refractivity contribution in [2.45, 2.75) is 0 Å². The molecule has 0 aliphatic heterocycles. The van der Waals surface area contributed by atoms with Gasteiger partial charge in [-0.05, 0) is 17.7 Å². The van der Waals surface area contributed by atoms with Gasteiger partial charge in [0.1, 0.15) is 17.5 Å². The van der Waals surface area contributed by atoms with E-state index in [1.807, 2.05) is 6.07 Å². The molecule has 0 saturated carbocycles. The Kier molecular flexibility index (Phi) is 3.81. The lowest BCUT2D eigenvalue weighted by atomic mass is 9.97. The number of hydrogen-bond donors (Lipinski definition) is 2. The third-order valence-corrected chi connectivity index (χ3v) is 4.15. The average molecular weight is 351 g/mol. The fourth-order valence-corrected chi connectivity index (χ4v) is 2.79. The number of nitrogens with two attached hydrogens (primary N) is 1. The van der Waals surface area contributed by atoms with Gasteiger partial charge in [-0.15, -0.1) is 0 Å². The molecule has 0 aliphatic rings. The van der Waals surface area contributed by atoms with E-state index < -0.39 is 17.2 Å². The Morgan fingerprint density at radius 3 is 2.35 bits per heavy atom. The number of anilines is 1. The molecule has 2 aromatic heterocycles. The highest BCUT2D eigenvalue weighted by atomic mass is 16.4. The summed E-state index contributed by atoms with van der Waals surface area (Å²) >= 11 is 0. The van der Waals surface area contributed by atoms with E-state index in [4.69, 9.17) is 10.8 Å². The second-order valence-electron chi connectivity index (χ2n) is 5.65. The quantitative estimate of drug-likeness (QED) is 0.682. The maximum atomic E-state index is 12.7. The van der Waals surface area contributed by atoms with E-state index in [1.165, 1.54) is 42.9 Å². The number of aromatic nitrogens is 3. The molecule has 0 saturated heterocycles. The van der Waals surface area contributed by atoms with Crippen molar-refractivity contribution in [3.05, 3.63) is 56.2 Å². The van der Waals surface area contributed by atoms with E-state index in [1.54, 1.807) is 0 Å². The molecule has 3 aromatic rings. The molecular weight excluding hydrogens is 338 g/mol. The molecule has 9 heteroatoms. The normalized spacial score (nSPS) is 10.7. The number of hydrogen-bond acceptors (Lipinski definition) is 6. The number of nitrogens with zero attached hydrogens (tertiary/aromatic N) is 4. The van der Waals surface area contributed by atoms with Gasteiger partial charge in [-0.1, -0.05) is 12.1 Å². The number of nitriles is 1. The van der Waals surface area contributed by atoms with E-state index in [2.05, 4.69) is 4.98 Å². The molecule has 9 nitrogen and oxygen atoms in total. The van der Waals surface area contributed by atoms with Crippen LogP contribution in [-0.4, -0.2) is 25.2 Å². The lowest BCUT2D eigenvalue weighted by molar-refractivity contribution is 0.0697. The van der Waals surface area contributed by atoms with Crippen LogP contribution in [0.2, 0.25) is 0 Å². The van der Waals surface area contributed by atoms with E-state index in [9.17, 15) is 19.6 Å². The zero-order valence-electron chi connectivity index (χ0n) is 13.8. The zero-order valence-corrected chi connectivity index (χ0v) is 13.8. The van der Waals surface area contributed by atoms with Gasteiger partial charge in [0.25, 0.3) is 5.56 Å². The van der Waals surface area contributed by atoms with Crippen LogP contribution >= 0.6 is 0 Å². The average Bonchev–Trinajstić information content (AvgIpc) is 2.63. The summed E-state index contributed by atoms with van der Waals surface area (Å²) in [6, 6.07) is 7.59. The van der Waals surface area contributed by atoms with Crippen molar-refractivity contribution in [1.29, 1.82) is 5.26 Å². The number of pyridine rings is 1. The highest BCUT2D eigenvalue weighted by Gasteiger charge is 2.21. The molecule has 3 N–H and O–H groups in total. The van der Waals surface area contributed by atoms with E-state index in [-0.39, 0.29) is 33.5 Å². The highest BCUT2D eigenvalue weighted by Crippen LogP contribution is 2.31. The predicted molar refractivity (Wildman–Crippen MR) is 93.7 cm³/mol. The van der Waals surface area contributed by atoms with Crippen molar-refractivity contribution >= 4 is 22.8 Å². The first kappa shape index (κ1) is 16.9. The van der Waals surface area contributed by atoms with Gasteiger partial charge in [-0.3, -0.25) is 13.9 Å². The summed E-state index contributed by atoms with van der Waals surface area (Å²) in [5.74, 6) is -1.23. The molecule has 3 rings (SSSR count). The number of carbonyl (C=O) groups is 1. The van der Waals surface area contributed by atoms with Crippen LogP contribution in [0, 0.1) is 11.3 Å². The minimum Gasteiger partial charge on any atom is -0.478 e. The Morgan fingerprint density at radius 1 is 1.19 bits per heavy atom. The fourth-order valence-electron chi connectivity index (χ4n) is 2.79. The predicted octanol–water partition coefficient (Wildman–Crippen LogP) is 0.451. The first-order valence-corrected chi connectivity index (χ1v) is 7.41. The first-order chi connectivity index (χ1) is 12.3. The van der Waals surface area contributed by atoms with Crippen molar-refractivity contribution in [2.24, 2.45) is 14.1 Å². The first-order valence-electron chi connectivity index (χ1n) is 7.41. The van der Waals surface area contributed by atoms with Gasteiger partial charge in [0.15, 0.2) is 5.65 Å². The van der Waals surface area contributed by atoms with E-state index >= 15 is 0 Å². The summed E-state index contributed by atoms with van der Waals surface area (Å²) in [6.45, 7) is 0. The molecule has 2 heterocycles. The van der Waals surface area contributed by atoms with Crippen LogP contribution in [0.5, 0.6) is 0 Å². The minimum atomic E-state index is -1.10. The minimum absolute atomic E-state index is 0.0173. The SMILES string of the molecule is Cn1c(=O)c2c(-c3ccc(C(=O)O)cc3)c(C#N)c(N)nc2n(C)c1=O. The van der Waals surface area contributed by atoms with Crippen molar-refractivity contribution in [3.63, 3.8) is 0 Å². The molecule has 0 bridgehead atoms. The third kappa shape index (κ3) is 2.32. The molecular formula is C17H13N5O4. The van der Waals surface area contributed by atoms with E-state index in [0.717, 1.165) is 4.57 Å². The molecule has 26 heavy (non-hydrogen) atoms. The van der Waals surface area contributed by atoms with Crippen LogP contribution in [-0.2, 0) is 14.1 Å². The Labute approximate surface area is 146 Å². The van der Waals surface area contributed by atoms with Crippen molar-refractivity contribution in [3.8, 4) is 17.2 Å². The number of aryl methyl sites for hydroxylation is 1. The topological polar surface area (TPSA) is 144 Å². The van der Waals surface area contributed by atoms with Crippen LogP contribution in [0.3, 0.4) is 0 Å². The van der Waals surface area contributed by atoms with Gasteiger partial charge in [0.05, 0.1) is 10.9 Å². The number of aromatic carboxylic acids is 1. The Balaban J connectivity index is 2.55. The number of fused-ring (bicyclic) bond motifs is 1. The highest BCUT2D eigenvalue weighted by molar-refractivity contribution is 5.98. The number of nitrogen functional groups attached to an aromatic ring is 1. The second-order valence-corrected chi connectivity index (χ2v) is 5.65. The van der Waals surface area contributed by atoms with Gasteiger partial charge in [-0.2, -0.15) is 5.26 Å². The molecule has 0 amide bonds. The standard InChI is InChI=1S/C17H13N5O4/c1-21-14-12(15(23)22(2)17(21)26)11(10(7-18)13(19)20-14)8-3-5-9(6-4-8)16(24)25/h3-6H,1-2H3,(H2,19,20)(H,24,25). The van der Waals surface area contributed by atoms with Crippen LogP contribution in [0.15, 0.2) is 33.9 Å². The second kappa shape index (κ2) is 5.86. The van der Waals surface area contributed by atoms with Crippen LogP contribution in [0.1, 0.15) is 15.9 Å². The molecule has 0 spiro atoms. The summed E-state index contributed by atoms with van der Waals surface area (Å²) in [5, 5.41) is 18.6. The van der Waals surface area contributed by atoms with Gasteiger partial charge in [0.2, 0.25) is 0 Å². The largest absolute Gasteiger partial charge is 0.478 e. The third-order valence-electron chi connectivity index (χ3n) is 4.15.